The molecule has 0 unspecified atom stereocenters. The van der Waals surface area contributed by atoms with Gasteiger partial charge >= 0.3 is 24.7 Å². The quantitative estimate of drug-likeness (QED) is 0.0837. The zero-order valence-corrected chi connectivity index (χ0v) is 40.7. The fraction of sp³-hybridized carbons (Fsp3) is 0.250. The maximum atomic E-state index is 12.6. The standard InChI is InChI=1S/C16H21F3N2OSi.C15H13F3N4.C10H7F3N2.C7H4BrF3/c1-23(2,3)9-8-22-12-21-11-14(10-20-21)13-4-6-15(7-5-13)16(17,18)19;1-21-7-6-14(20-21)10-22-9-12(8-19-22)11-2-4-13(5-3-11)15(16,17)18;11-10(12,13)9-3-1-7(2-4-9)8-5-14-15-6-8;8-6-3-1-5(2-4-6)7(9,10)11/h4-7,10-11H,8-9,12H2,1-3H3;2-9H,10H2,1H3;1-6H,(H,14,15);1-4H. The van der Waals surface area contributed by atoms with Crippen LogP contribution in [0.5, 0.6) is 0 Å². The van der Waals surface area contributed by atoms with Crippen LogP contribution in [-0.2, 0) is 49.8 Å². The van der Waals surface area contributed by atoms with Crippen LogP contribution in [0.2, 0.25) is 25.7 Å². The van der Waals surface area contributed by atoms with Gasteiger partial charge in [-0.25, -0.2) is 4.68 Å². The van der Waals surface area contributed by atoms with Crippen molar-refractivity contribution in [1.82, 2.24) is 39.5 Å². The molecule has 0 amide bonds. The number of benzene rings is 4. The molecule has 0 radical (unpaired) electrons. The molecule has 9 nitrogen and oxygen atoms in total. The molecule has 4 aromatic heterocycles. The molecule has 0 bridgehead atoms. The van der Waals surface area contributed by atoms with E-state index in [1.807, 2.05) is 19.3 Å². The van der Waals surface area contributed by atoms with E-state index in [2.05, 4.69) is 61.1 Å². The number of aromatic nitrogens is 8. The number of H-pyrrole nitrogens is 1. The molecular weight excluding hydrogens is 1040 g/mol. The average Bonchev–Trinajstić information content (AvgIpc) is 4.15. The van der Waals surface area contributed by atoms with Crippen molar-refractivity contribution in [2.45, 2.75) is 63.7 Å². The summed E-state index contributed by atoms with van der Waals surface area (Å²) < 4.78 is 159. The first-order valence-electron chi connectivity index (χ1n) is 21.1. The lowest BCUT2D eigenvalue weighted by Crippen LogP contribution is -2.22. The molecule has 4 heterocycles. The highest BCUT2D eigenvalue weighted by atomic mass is 79.9. The summed E-state index contributed by atoms with van der Waals surface area (Å²) in [4.78, 5) is 0. The largest absolute Gasteiger partial charge is 0.416 e. The van der Waals surface area contributed by atoms with Gasteiger partial charge in [0, 0.05) is 67.7 Å². The highest BCUT2D eigenvalue weighted by Crippen LogP contribution is 2.34. The van der Waals surface area contributed by atoms with Crippen LogP contribution >= 0.6 is 15.9 Å². The predicted molar refractivity (Wildman–Crippen MR) is 250 cm³/mol. The molecule has 0 saturated carbocycles. The number of nitrogens with one attached hydrogen (secondary N) is 1. The smallest absolute Gasteiger partial charge is 0.360 e. The Morgan fingerprint density at radius 1 is 0.535 bits per heavy atom. The summed E-state index contributed by atoms with van der Waals surface area (Å²) in [6.07, 6.45) is -5.30. The number of aryl methyl sites for hydroxylation is 1. The molecule has 378 valence electrons. The normalized spacial score (nSPS) is 12.0. The lowest BCUT2D eigenvalue weighted by molar-refractivity contribution is -0.138. The third-order valence-electron chi connectivity index (χ3n) is 9.89. The van der Waals surface area contributed by atoms with Gasteiger partial charge in [0.15, 0.2) is 0 Å². The van der Waals surface area contributed by atoms with Gasteiger partial charge in [-0.1, -0.05) is 72.0 Å². The maximum absolute atomic E-state index is 12.6. The van der Waals surface area contributed by atoms with E-state index in [1.165, 1.54) is 48.5 Å². The van der Waals surface area contributed by atoms with Crippen LogP contribution in [0.15, 0.2) is 151 Å². The van der Waals surface area contributed by atoms with Crippen molar-refractivity contribution >= 4 is 24.0 Å². The summed E-state index contributed by atoms with van der Waals surface area (Å²) in [5.41, 5.74) is 2.70. The zero-order chi connectivity index (χ0) is 52.2. The number of alkyl halides is 12. The fourth-order valence-electron chi connectivity index (χ4n) is 6.03. The van der Waals surface area contributed by atoms with Crippen molar-refractivity contribution in [3.8, 4) is 33.4 Å². The minimum absolute atomic E-state index is 0.352. The number of halogens is 13. The Kier molecular flexibility index (Phi) is 18.5. The minimum Gasteiger partial charge on any atom is -0.360 e. The Labute approximate surface area is 409 Å². The summed E-state index contributed by atoms with van der Waals surface area (Å²) >= 11 is 3.04. The van der Waals surface area contributed by atoms with Crippen LogP contribution in [0.1, 0.15) is 27.9 Å². The summed E-state index contributed by atoms with van der Waals surface area (Å²) in [7, 11) is 0.723. The number of hydrogen-bond donors (Lipinski definition) is 1. The van der Waals surface area contributed by atoms with Crippen LogP contribution < -0.4 is 0 Å². The van der Waals surface area contributed by atoms with Crippen molar-refractivity contribution in [1.29, 1.82) is 0 Å². The lowest BCUT2D eigenvalue weighted by Gasteiger charge is -2.15. The van der Waals surface area contributed by atoms with Gasteiger partial charge in [0.1, 0.15) is 6.73 Å². The van der Waals surface area contributed by atoms with Gasteiger partial charge in [0.25, 0.3) is 0 Å². The van der Waals surface area contributed by atoms with Crippen LogP contribution in [0, 0.1) is 0 Å². The Hall–Kier alpha value is -6.46. The fourth-order valence-corrected chi connectivity index (χ4v) is 7.06. The Morgan fingerprint density at radius 3 is 1.32 bits per heavy atom. The second-order valence-corrected chi connectivity index (χ2v) is 23.3. The van der Waals surface area contributed by atoms with E-state index >= 15 is 0 Å². The van der Waals surface area contributed by atoms with Crippen molar-refractivity contribution in [2.75, 3.05) is 6.61 Å². The molecule has 0 spiro atoms. The van der Waals surface area contributed by atoms with Gasteiger partial charge in [-0.3, -0.25) is 14.5 Å². The minimum atomic E-state index is -4.32. The molecule has 71 heavy (non-hydrogen) atoms. The van der Waals surface area contributed by atoms with Crippen molar-refractivity contribution < 1.29 is 57.4 Å². The molecule has 8 rings (SSSR count). The van der Waals surface area contributed by atoms with Crippen LogP contribution in [0.4, 0.5) is 52.7 Å². The topological polar surface area (TPSA) is 91.4 Å². The Bertz CT molecular complexity index is 2830. The van der Waals surface area contributed by atoms with Gasteiger partial charge in [0.2, 0.25) is 0 Å². The van der Waals surface area contributed by atoms with E-state index in [0.29, 0.717) is 41.0 Å². The number of rotatable bonds is 10. The molecule has 0 atom stereocenters. The highest BCUT2D eigenvalue weighted by molar-refractivity contribution is 9.10. The predicted octanol–water partition coefficient (Wildman–Crippen LogP) is 14.8. The molecule has 4 aromatic carbocycles. The first-order chi connectivity index (χ1) is 33.1. The highest BCUT2D eigenvalue weighted by Gasteiger charge is 2.32. The molecule has 8 aromatic rings. The van der Waals surface area contributed by atoms with Gasteiger partial charge < -0.3 is 4.74 Å². The van der Waals surface area contributed by atoms with E-state index in [0.717, 1.165) is 77.0 Å². The van der Waals surface area contributed by atoms with E-state index in [1.54, 1.807) is 51.2 Å². The Morgan fingerprint density at radius 2 is 0.944 bits per heavy atom. The molecule has 0 fully saturated rings. The van der Waals surface area contributed by atoms with Crippen LogP contribution in [0.3, 0.4) is 0 Å². The monoisotopic (exact) mass is 1080 g/mol. The molecule has 0 aliphatic heterocycles. The number of aromatic amines is 1. The van der Waals surface area contributed by atoms with E-state index in [-0.39, 0.29) is 0 Å². The van der Waals surface area contributed by atoms with Gasteiger partial charge in [0.05, 0.1) is 53.1 Å². The van der Waals surface area contributed by atoms with Gasteiger partial charge in [-0.2, -0.15) is 73.1 Å². The van der Waals surface area contributed by atoms with Crippen molar-refractivity contribution in [3.05, 3.63) is 179 Å². The summed E-state index contributed by atoms with van der Waals surface area (Å²) in [6.45, 7) is 8.42. The van der Waals surface area contributed by atoms with Crippen molar-refractivity contribution in [2.24, 2.45) is 7.05 Å². The molecule has 23 heteroatoms. The second-order valence-electron chi connectivity index (χ2n) is 16.7. The van der Waals surface area contributed by atoms with Crippen molar-refractivity contribution in [3.63, 3.8) is 0 Å². The lowest BCUT2D eigenvalue weighted by atomic mass is 10.1. The van der Waals surface area contributed by atoms with Crippen LogP contribution in [0.25, 0.3) is 33.4 Å². The zero-order valence-electron chi connectivity index (χ0n) is 38.1. The van der Waals surface area contributed by atoms with Gasteiger partial charge in [-0.15, -0.1) is 0 Å². The number of nitrogens with zero attached hydrogens (tertiary/aromatic N) is 7. The second kappa shape index (κ2) is 23.6. The van der Waals surface area contributed by atoms with Gasteiger partial charge in [-0.05, 0) is 89.5 Å². The molecule has 0 aliphatic carbocycles. The first-order valence-corrected chi connectivity index (χ1v) is 25.6. The molecular formula is C48H45BrF12N8OSi. The SMILES string of the molecule is C[Si](C)(C)CCOCn1cc(-c2ccc(C(F)(F)F)cc2)cn1.Cn1ccc(Cn2cc(-c3ccc(C(F)(F)F)cc3)cn2)n1.FC(F)(F)c1ccc(-c2cn[nH]c2)cc1.FC(F)(F)c1ccc(Br)cc1. The number of hydrogen-bond acceptors (Lipinski definition) is 5. The summed E-state index contributed by atoms with van der Waals surface area (Å²) in [5, 5.41) is 19.0. The third kappa shape index (κ3) is 18.0. The van der Waals surface area contributed by atoms with Crippen LogP contribution in [-0.4, -0.2) is 54.2 Å². The average molecular weight is 1090 g/mol. The molecule has 0 aliphatic rings. The summed E-state index contributed by atoms with van der Waals surface area (Å²) in [5.74, 6) is 0. The summed E-state index contributed by atoms with van der Waals surface area (Å²) in [6, 6.07) is 22.8. The molecule has 0 saturated heterocycles. The number of ether oxygens (including phenoxy) is 1. The molecule has 1 N–H and O–H groups in total. The van der Waals surface area contributed by atoms with E-state index in [9.17, 15) is 52.7 Å². The first kappa shape index (κ1) is 55.5. The van der Waals surface area contributed by atoms with E-state index < -0.39 is 55.0 Å². The maximum Gasteiger partial charge on any atom is 0.416 e. The Balaban J connectivity index is 0.000000182. The third-order valence-corrected chi connectivity index (χ3v) is 12.1. The van der Waals surface area contributed by atoms with E-state index in [4.69, 9.17) is 4.74 Å².